The van der Waals surface area contributed by atoms with Gasteiger partial charge < -0.3 is 14.8 Å². The molecule has 0 saturated heterocycles. The SMILES string of the molecule is CCNC(=NCc1ccc(S(=O)(=O)NC)cc1)N(C)Cc1cc(Cl)cn1C.I. The topological polar surface area (TPSA) is 78.7 Å². The third kappa shape index (κ3) is 6.64. The number of hydrogen-bond acceptors (Lipinski definition) is 3. The zero-order chi connectivity index (χ0) is 20.0. The number of hydrogen-bond donors (Lipinski definition) is 2. The Bertz CT molecular complexity index is 897. The maximum absolute atomic E-state index is 11.8. The van der Waals surface area contributed by atoms with Gasteiger partial charge in [0.05, 0.1) is 23.0 Å². The third-order valence-corrected chi connectivity index (χ3v) is 5.72. The molecule has 1 aromatic heterocycles. The van der Waals surface area contributed by atoms with Crippen molar-refractivity contribution < 1.29 is 8.42 Å². The zero-order valence-electron chi connectivity index (χ0n) is 16.4. The van der Waals surface area contributed by atoms with Crippen LogP contribution in [0.5, 0.6) is 0 Å². The summed E-state index contributed by atoms with van der Waals surface area (Å²) in [5.41, 5.74) is 2.01. The smallest absolute Gasteiger partial charge is 0.240 e. The highest BCUT2D eigenvalue weighted by atomic mass is 127. The molecule has 1 heterocycles. The molecule has 0 atom stereocenters. The summed E-state index contributed by atoms with van der Waals surface area (Å²) in [5, 5.41) is 3.98. The Hall–Kier alpha value is -1.30. The number of aromatic nitrogens is 1. The molecule has 0 spiro atoms. The van der Waals surface area contributed by atoms with Crippen molar-refractivity contribution in [3.05, 3.63) is 52.8 Å². The minimum Gasteiger partial charge on any atom is -0.357 e. The zero-order valence-corrected chi connectivity index (χ0v) is 20.3. The first-order valence-electron chi connectivity index (χ1n) is 8.59. The van der Waals surface area contributed by atoms with Crippen molar-refractivity contribution in [1.29, 1.82) is 0 Å². The first-order valence-corrected chi connectivity index (χ1v) is 10.5. The first kappa shape index (κ1) is 24.7. The van der Waals surface area contributed by atoms with Crippen LogP contribution in [-0.2, 0) is 30.2 Å². The number of nitrogens with zero attached hydrogens (tertiary/aromatic N) is 3. The standard InChI is InChI=1S/C18H26ClN5O2S.HI/c1-5-21-18(24(4)13-16-10-15(19)12-23(16)3)22-11-14-6-8-17(9-7-14)27(25,26)20-2;/h6-10,12,20H,5,11,13H2,1-4H3,(H,21,22);1H. The summed E-state index contributed by atoms with van der Waals surface area (Å²) in [6.07, 6.45) is 1.87. The number of benzene rings is 1. The Labute approximate surface area is 189 Å². The lowest BCUT2D eigenvalue weighted by atomic mass is 10.2. The number of aryl methyl sites for hydroxylation is 1. The molecule has 0 fully saturated rings. The van der Waals surface area contributed by atoms with Gasteiger partial charge in [0.1, 0.15) is 0 Å². The second-order valence-electron chi connectivity index (χ2n) is 6.14. The van der Waals surface area contributed by atoms with Crippen molar-refractivity contribution in [2.45, 2.75) is 24.9 Å². The largest absolute Gasteiger partial charge is 0.357 e. The number of halogens is 2. The second kappa shape index (κ2) is 11.0. The molecule has 1 aromatic carbocycles. The monoisotopic (exact) mass is 539 g/mol. The predicted octanol–water partition coefficient (Wildman–Crippen LogP) is 2.80. The maximum atomic E-state index is 11.8. The molecule has 0 saturated carbocycles. The molecule has 156 valence electrons. The fourth-order valence-corrected chi connectivity index (χ4v) is 3.57. The summed E-state index contributed by atoms with van der Waals surface area (Å²) in [6, 6.07) is 8.64. The van der Waals surface area contributed by atoms with Gasteiger partial charge in [-0.15, -0.1) is 24.0 Å². The molecule has 0 aliphatic carbocycles. The molecular weight excluding hydrogens is 513 g/mol. The number of sulfonamides is 1. The van der Waals surface area contributed by atoms with Gasteiger partial charge in [0.25, 0.3) is 0 Å². The predicted molar refractivity (Wildman–Crippen MR) is 125 cm³/mol. The van der Waals surface area contributed by atoms with E-state index in [1.165, 1.54) is 7.05 Å². The maximum Gasteiger partial charge on any atom is 0.240 e. The van der Waals surface area contributed by atoms with E-state index in [2.05, 4.69) is 15.0 Å². The van der Waals surface area contributed by atoms with E-state index in [-0.39, 0.29) is 28.9 Å². The van der Waals surface area contributed by atoms with E-state index in [4.69, 9.17) is 11.6 Å². The van der Waals surface area contributed by atoms with E-state index in [0.29, 0.717) is 18.1 Å². The summed E-state index contributed by atoms with van der Waals surface area (Å²) in [4.78, 5) is 6.91. The summed E-state index contributed by atoms with van der Waals surface area (Å²) in [7, 11) is 1.89. The van der Waals surface area contributed by atoms with Crippen molar-refractivity contribution in [1.82, 2.24) is 19.5 Å². The van der Waals surface area contributed by atoms with Gasteiger partial charge in [-0.05, 0) is 37.7 Å². The van der Waals surface area contributed by atoms with Gasteiger partial charge >= 0.3 is 0 Å². The number of rotatable bonds is 7. The minimum atomic E-state index is -3.42. The van der Waals surface area contributed by atoms with Crippen molar-refractivity contribution in [2.75, 3.05) is 20.6 Å². The first-order chi connectivity index (χ1) is 12.8. The lowest BCUT2D eigenvalue weighted by Crippen LogP contribution is -2.38. The van der Waals surface area contributed by atoms with Crippen molar-refractivity contribution >= 4 is 51.6 Å². The third-order valence-electron chi connectivity index (χ3n) is 4.08. The quantitative estimate of drug-likeness (QED) is 0.322. The molecule has 0 aliphatic heterocycles. The lowest BCUT2D eigenvalue weighted by molar-refractivity contribution is 0.462. The van der Waals surface area contributed by atoms with Crippen LogP contribution in [0.4, 0.5) is 0 Å². The normalized spacial score (nSPS) is 11.8. The van der Waals surface area contributed by atoms with E-state index in [0.717, 1.165) is 23.8 Å². The fourth-order valence-electron chi connectivity index (χ4n) is 2.57. The van der Waals surface area contributed by atoms with Crippen LogP contribution in [0.15, 0.2) is 46.4 Å². The molecule has 0 amide bonds. The van der Waals surface area contributed by atoms with Gasteiger partial charge in [0.2, 0.25) is 10.0 Å². The van der Waals surface area contributed by atoms with Gasteiger partial charge in [-0.1, -0.05) is 23.7 Å². The van der Waals surface area contributed by atoms with E-state index in [9.17, 15) is 8.42 Å². The van der Waals surface area contributed by atoms with Gasteiger partial charge in [-0.25, -0.2) is 18.1 Å². The Balaban J connectivity index is 0.00000392. The molecule has 2 rings (SSSR count). The van der Waals surface area contributed by atoms with E-state index < -0.39 is 10.0 Å². The minimum absolute atomic E-state index is 0. The van der Waals surface area contributed by atoms with Crippen LogP contribution in [-0.4, -0.2) is 44.5 Å². The molecule has 2 aromatic rings. The molecule has 0 radical (unpaired) electrons. The highest BCUT2D eigenvalue weighted by Crippen LogP contribution is 2.15. The lowest BCUT2D eigenvalue weighted by Gasteiger charge is -2.22. The highest BCUT2D eigenvalue weighted by molar-refractivity contribution is 14.0. The highest BCUT2D eigenvalue weighted by Gasteiger charge is 2.11. The van der Waals surface area contributed by atoms with Crippen molar-refractivity contribution in [3.8, 4) is 0 Å². The molecule has 0 aliphatic rings. The second-order valence-corrected chi connectivity index (χ2v) is 8.46. The van der Waals surface area contributed by atoms with Crippen LogP contribution in [0.25, 0.3) is 0 Å². The molecule has 0 bridgehead atoms. The molecule has 28 heavy (non-hydrogen) atoms. The van der Waals surface area contributed by atoms with Gasteiger partial charge in [0.15, 0.2) is 5.96 Å². The Kier molecular flexibility index (Phi) is 9.75. The van der Waals surface area contributed by atoms with Crippen LogP contribution in [0.3, 0.4) is 0 Å². The Morgan fingerprint density at radius 2 is 1.93 bits per heavy atom. The number of nitrogens with one attached hydrogen (secondary N) is 2. The number of guanidine groups is 1. The summed E-state index contributed by atoms with van der Waals surface area (Å²) in [6.45, 7) is 3.87. The molecular formula is C18H27ClIN5O2S. The van der Waals surface area contributed by atoms with Crippen LogP contribution in [0.2, 0.25) is 5.02 Å². The summed E-state index contributed by atoms with van der Waals surface area (Å²) < 4.78 is 27.9. The van der Waals surface area contributed by atoms with Crippen LogP contribution >= 0.6 is 35.6 Å². The summed E-state index contributed by atoms with van der Waals surface area (Å²) in [5.74, 6) is 0.766. The van der Waals surface area contributed by atoms with E-state index in [1.807, 2.05) is 42.7 Å². The van der Waals surface area contributed by atoms with Crippen LogP contribution in [0.1, 0.15) is 18.2 Å². The van der Waals surface area contributed by atoms with Crippen molar-refractivity contribution in [2.24, 2.45) is 12.0 Å². The molecule has 7 nitrogen and oxygen atoms in total. The van der Waals surface area contributed by atoms with Gasteiger partial charge in [-0.3, -0.25) is 0 Å². The van der Waals surface area contributed by atoms with Gasteiger partial charge in [-0.2, -0.15) is 0 Å². The van der Waals surface area contributed by atoms with Crippen LogP contribution in [0, 0.1) is 0 Å². The Morgan fingerprint density at radius 1 is 1.29 bits per heavy atom. The average molecular weight is 540 g/mol. The van der Waals surface area contributed by atoms with Crippen molar-refractivity contribution in [3.63, 3.8) is 0 Å². The van der Waals surface area contributed by atoms with Crippen LogP contribution < -0.4 is 10.0 Å². The molecule has 10 heteroatoms. The van der Waals surface area contributed by atoms with E-state index >= 15 is 0 Å². The molecule has 0 unspecified atom stereocenters. The van der Waals surface area contributed by atoms with E-state index in [1.54, 1.807) is 24.3 Å². The summed E-state index contributed by atoms with van der Waals surface area (Å²) >= 11 is 6.05. The average Bonchev–Trinajstić information content (AvgIpc) is 2.95. The number of aliphatic imine (C=N–C) groups is 1. The fraction of sp³-hybridized carbons (Fsp3) is 0.389. The molecule has 2 N–H and O–H groups in total. The Morgan fingerprint density at radius 3 is 2.43 bits per heavy atom. The van der Waals surface area contributed by atoms with Gasteiger partial charge in [0, 0.05) is 32.5 Å².